The van der Waals surface area contributed by atoms with Crippen LogP contribution in [0.2, 0.25) is 5.02 Å². The van der Waals surface area contributed by atoms with Gasteiger partial charge in [-0.2, -0.15) is 0 Å². The average molecular weight is 542 g/mol. The summed E-state index contributed by atoms with van der Waals surface area (Å²) in [6.07, 6.45) is 5.75. The van der Waals surface area contributed by atoms with Crippen molar-refractivity contribution in [1.29, 1.82) is 0 Å². The minimum atomic E-state index is -4.04. The van der Waals surface area contributed by atoms with Crippen molar-refractivity contribution in [2.24, 2.45) is 0 Å². The van der Waals surface area contributed by atoms with Crippen molar-refractivity contribution in [1.82, 2.24) is 10.2 Å². The first-order valence-electron chi connectivity index (χ1n) is 11.7. The zero-order valence-electron chi connectivity index (χ0n) is 20.2. The molecule has 11 heteroatoms. The highest BCUT2D eigenvalue weighted by Crippen LogP contribution is 2.22. The van der Waals surface area contributed by atoms with Crippen LogP contribution >= 0.6 is 11.6 Å². The fourth-order valence-electron chi connectivity index (χ4n) is 4.19. The number of carbonyl (C=O) groups is 2. The van der Waals surface area contributed by atoms with Crippen LogP contribution in [-0.4, -0.2) is 50.0 Å². The van der Waals surface area contributed by atoms with Gasteiger partial charge >= 0.3 is 0 Å². The summed E-state index contributed by atoms with van der Waals surface area (Å²) in [6, 6.07) is 8.40. The Morgan fingerprint density at radius 3 is 2.28 bits per heavy atom. The number of nitrogens with zero attached hydrogens (tertiary/aromatic N) is 2. The Balaban J connectivity index is 1.87. The Morgan fingerprint density at radius 1 is 1.06 bits per heavy atom. The van der Waals surface area contributed by atoms with Crippen molar-refractivity contribution in [3.8, 4) is 0 Å². The Labute approximate surface area is 215 Å². The van der Waals surface area contributed by atoms with E-state index in [-0.39, 0.29) is 24.2 Å². The molecular formula is C25H30ClF2N3O4S. The molecule has 1 fully saturated rings. The zero-order valence-corrected chi connectivity index (χ0v) is 21.8. The highest BCUT2D eigenvalue weighted by Gasteiger charge is 2.31. The predicted molar refractivity (Wildman–Crippen MR) is 135 cm³/mol. The SMILES string of the molecule is C[C@H](C(=O)NC1CCCCC1)N(Cc1ccc(Cl)cc1)C(=O)CN(c1ccc(F)c(F)c1)S(C)(=O)=O. The number of benzene rings is 2. The maximum absolute atomic E-state index is 13.8. The Hall–Kier alpha value is -2.72. The normalized spacial score (nSPS) is 15.2. The minimum absolute atomic E-state index is 0.0185. The molecule has 0 saturated heterocycles. The van der Waals surface area contributed by atoms with Gasteiger partial charge in [-0.1, -0.05) is 43.0 Å². The molecule has 0 spiro atoms. The van der Waals surface area contributed by atoms with Crippen LogP contribution in [0.1, 0.15) is 44.6 Å². The summed E-state index contributed by atoms with van der Waals surface area (Å²) in [5.41, 5.74) is 0.485. The molecule has 2 amide bonds. The van der Waals surface area contributed by atoms with Crippen LogP contribution in [0.4, 0.5) is 14.5 Å². The molecule has 2 aromatic rings. The van der Waals surface area contributed by atoms with Crippen LogP contribution in [0.3, 0.4) is 0 Å². The maximum atomic E-state index is 13.8. The molecule has 0 unspecified atom stereocenters. The van der Waals surface area contributed by atoms with Crippen LogP contribution in [0.25, 0.3) is 0 Å². The van der Waals surface area contributed by atoms with Gasteiger partial charge < -0.3 is 10.2 Å². The number of hydrogen-bond donors (Lipinski definition) is 1. The van der Waals surface area contributed by atoms with Crippen LogP contribution in [0.5, 0.6) is 0 Å². The number of amides is 2. The summed E-state index contributed by atoms with van der Waals surface area (Å²) in [6.45, 7) is 0.900. The second-order valence-electron chi connectivity index (χ2n) is 9.04. The van der Waals surface area contributed by atoms with E-state index in [1.807, 2.05) is 0 Å². The third-order valence-corrected chi connectivity index (χ3v) is 7.65. The van der Waals surface area contributed by atoms with E-state index in [0.29, 0.717) is 21.0 Å². The maximum Gasteiger partial charge on any atom is 0.244 e. The third kappa shape index (κ3) is 7.39. The molecule has 1 saturated carbocycles. The van der Waals surface area contributed by atoms with Crippen molar-refractivity contribution >= 4 is 39.1 Å². The summed E-state index contributed by atoms with van der Waals surface area (Å²) in [5, 5.41) is 3.50. The van der Waals surface area contributed by atoms with Gasteiger partial charge in [-0.15, -0.1) is 0 Å². The van der Waals surface area contributed by atoms with Crippen LogP contribution < -0.4 is 9.62 Å². The number of sulfonamides is 1. The van der Waals surface area contributed by atoms with Gasteiger partial charge in [0, 0.05) is 23.7 Å². The Kier molecular flexibility index (Phi) is 9.30. The lowest BCUT2D eigenvalue weighted by Crippen LogP contribution is -2.53. The summed E-state index contributed by atoms with van der Waals surface area (Å²) >= 11 is 5.97. The molecule has 0 aliphatic heterocycles. The quantitative estimate of drug-likeness (QED) is 0.514. The van der Waals surface area contributed by atoms with E-state index in [4.69, 9.17) is 11.6 Å². The van der Waals surface area contributed by atoms with Crippen LogP contribution in [0.15, 0.2) is 42.5 Å². The molecule has 0 radical (unpaired) electrons. The largest absolute Gasteiger partial charge is 0.352 e. The molecule has 0 aromatic heterocycles. The highest BCUT2D eigenvalue weighted by molar-refractivity contribution is 7.92. The number of nitrogens with one attached hydrogen (secondary N) is 1. The van der Waals surface area contributed by atoms with Gasteiger partial charge in [0.15, 0.2) is 11.6 Å². The number of halogens is 3. The standard InChI is InChI=1S/C25H30ClF2N3O4S/c1-17(25(33)29-20-6-4-3-5-7-20)30(15-18-8-10-19(26)11-9-18)24(32)16-31(36(2,34)35)21-12-13-22(27)23(28)14-21/h8-14,17,20H,3-7,15-16H2,1-2H3,(H,29,33)/t17-/m1/s1. The summed E-state index contributed by atoms with van der Waals surface area (Å²) in [4.78, 5) is 27.8. The number of hydrogen-bond acceptors (Lipinski definition) is 4. The summed E-state index contributed by atoms with van der Waals surface area (Å²) in [7, 11) is -4.04. The Morgan fingerprint density at radius 2 is 1.69 bits per heavy atom. The Bertz CT molecular complexity index is 1190. The van der Waals surface area contributed by atoms with Crippen molar-refractivity contribution in [3.05, 3.63) is 64.7 Å². The van der Waals surface area contributed by atoms with Gasteiger partial charge in [0.25, 0.3) is 0 Å². The van der Waals surface area contributed by atoms with Gasteiger partial charge in [-0.25, -0.2) is 17.2 Å². The molecule has 1 atom stereocenters. The topological polar surface area (TPSA) is 86.8 Å². The van der Waals surface area contributed by atoms with Gasteiger partial charge in [-0.05, 0) is 49.6 Å². The van der Waals surface area contributed by atoms with E-state index in [1.165, 1.54) is 4.90 Å². The molecule has 0 bridgehead atoms. The van der Waals surface area contributed by atoms with E-state index >= 15 is 0 Å². The van der Waals surface area contributed by atoms with Gasteiger partial charge in [0.1, 0.15) is 12.6 Å². The monoisotopic (exact) mass is 541 g/mol. The number of carbonyl (C=O) groups excluding carboxylic acids is 2. The van der Waals surface area contributed by atoms with E-state index < -0.39 is 40.2 Å². The first kappa shape index (κ1) is 27.9. The molecule has 2 aromatic carbocycles. The van der Waals surface area contributed by atoms with Gasteiger partial charge in [-0.3, -0.25) is 13.9 Å². The molecule has 3 rings (SSSR count). The van der Waals surface area contributed by atoms with Gasteiger partial charge in [0.2, 0.25) is 21.8 Å². The van der Waals surface area contributed by atoms with E-state index in [0.717, 1.165) is 50.5 Å². The van der Waals surface area contributed by atoms with E-state index in [9.17, 15) is 26.8 Å². The van der Waals surface area contributed by atoms with Crippen molar-refractivity contribution in [3.63, 3.8) is 0 Å². The van der Waals surface area contributed by atoms with Gasteiger partial charge in [0.05, 0.1) is 11.9 Å². The van der Waals surface area contributed by atoms with E-state index in [1.54, 1.807) is 31.2 Å². The first-order valence-corrected chi connectivity index (χ1v) is 14.0. The molecule has 0 heterocycles. The lowest BCUT2D eigenvalue weighted by Gasteiger charge is -2.33. The van der Waals surface area contributed by atoms with E-state index in [2.05, 4.69) is 5.32 Å². The number of anilines is 1. The summed E-state index contributed by atoms with van der Waals surface area (Å²) in [5.74, 6) is -3.41. The molecular weight excluding hydrogens is 512 g/mol. The molecule has 1 N–H and O–H groups in total. The minimum Gasteiger partial charge on any atom is -0.352 e. The smallest absolute Gasteiger partial charge is 0.244 e. The second kappa shape index (κ2) is 12.0. The van der Waals surface area contributed by atoms with Crippen molar-refractivity contribution < 1.29 is 26.8 Å². The fourth-order valence-corrected chi connectivity index (χ4v) is 5.16. The third-order valence-electron chi connectivity index (χ3n) is 6.26. The number of rotatable bonds is 9. The van der Waals surface area contributed by atoms with Crippen LogP contribution in [-0.2, 0) is 26.2 Å². The fraction of sp³-hybridized carbons (Fsp3) is 0.440. The molecule has 7 nitrogen and oxygen atoms in total. The lowest BCUT2D eigenvalue weighted by atomic mass is 9.95. The zero-order chi connectivity index (χ0) is 26.5. The predicted octanol–water partition coefficient (Wildman–Crippen LogP) is 4.25. The highest BCUT2D eigenvalue weighted by atomic mass is 35.5. The molecule has 1 aliphatic carbocycles. The molecule has 36 heavy (non-hydrogen) atoms. The summed E-state index contributed by atoms with van der Waals surface area (Å²) < 4.78 is 53.0. The average Bonchev–Trinajstić information content (AvgIpc) is 2.83. The second-order valence-corrected chi connectivity index (χ2v) is 11.4. The van der Waals surface area contributed by atoms with Crippen molar-refractivity contribution in [2.75, 3.05) is 17.1 Å². The molecule has 1 aliphatic rings. The first-order chi connectivity index (χ1) is 17.0. The molecule has 196 valence electrons. The van der Waals surface area contributed by atoms with Crippen LogP contribution in [0, 0.1) is 11.6 Å². The van der Waals surface area contributed by atoms with Crippen molar-refractivity contribution in [2.45, 2.75) is 57.7 Å². The lowest BCUT2D eigenvalue weighted by molar-refractivity contribution is -0.139.